The zero-order valence-electron chi connectivity index (χ0n) is 12.5. The lowest BCUT2D eigenvalue weighted by Gasteiger charge is -2.27. The highest BCUT2D eigenvalue weighted by Gasteiger charge is 2.45. The van der Waals surface area contributed by atoms with E-state index in [1.54, 1.807) is 45.0 Å². The average molecular weight is 295 g/mol. The number of benzene rings is 1. The normalized spacial score (nSPS) is 14.3. The molecule has 0 saturated carbocycles. The Bertz CT molecular complexity index is 495. The highest BCUT2D eigenvalue weighted by atomic mass is 16.5. The highest BCUT2D eigenvalue weighted by Crippen LogP contribution is 2.14. The van der Waals surface area contributed by atoms with Gasteiger partial charge in [-0.05, 0) is 26.3 Å². The molecule has 0 aliphatic carbocycles. The number of carboxylic acid groups (broad SMARTS) is 1. The fraction of sp³-hybridized carbons (Fsp3) is 0.467. The van der Waals surface area contributed by atoms with Gasteiger partial charge in [0.2, 0.25) is 5.54 Å². The summed E-state index contributed by atoms with van der Waals surface area (Å²) in [6.07, 6.45) is 0. The van der Waals surface area contributed by atoms with Gasteiger partial charge < -0.3 is 20.3 Å². The van der Waals surface area contributed by atoms with Crippen molar-refractivity contribution >= 4 is 11.9 Å². The first kappa shape index (κ1) is 17.1. The molecule has 1 rings (SSSR count). The summed E-state index contributed by atoms with van der Waals surface area (Å²) >= 11 is 0. The molecule has 0 bridgehead atoms. The summed E-state index contributed by atoms with van der Waals surface area (Å²) in [6.45, 7) is 4.72. The molecule has 0 aliphatic rings. The maximum Gasteiger partial charge on any atom is 0.340 e. The van der Waals surface area contributed by atoms with Gasteiger partial charge in [-0.1, -0.05) is 30.3 Å². The monoisotopic (exact) mass is 295 g/mol. The standard InChI is InChI=1S/C15H21NO5/c1-14(2,3)21-10-15(16,12(17)18)13(19)20-9-11-7-5-4-6-8-11/h4-8H,9-10,16H2,1-3H3,(H,17,18). The third-order valence-electron chi connectivity index (χ3n) is 2.69. The molecule has 0 saturated heterocycles. The summed E-state index contributed by atoms with van der Waals surface area (Å²) in [5.41, 5.74) is 3.57. The van der Waals surface area contributed by atoms with E-state index in [0.717, 1.165) is 5.56 Å². The van der Waals surface area contributed by atoms with Crippen LogP contribution in [-0.4, -0.2) is 34.8 Å². The van der Waals surface area contributed by atoms with E-state index in [1.807, 2.05) is 6.07 Å². The van der Waals surface area contributed by atoms with Crippen LogP contribution >= 0.6 is 0 Å². The topological polar surface area (TPSA) is 98.9 Å². The second-order valence-electron chi connectivity index (χ2n) is 5.74. The molecule has 1 aromatic carbocycles. The molecule has 0 heterocycles. The van der Waals surface area contributed by atoms with E-state index in [0.29, 0.717) is 0 Å². The molecule has 116 valence electrons. The van der Waals surface area contributed by atoms with Crippen LogP contribution in [0.25, 0.3) is 0 Å². The molecule has 0 fully saturated rings. The van der Waals surface area contributed by atoms with Crippen molar-refractivity contribution in [1.29, 1.82) is 0 Å². The van der Waals surface area contributed by atoms with Crippen LogP contribution in [0.15, 0.2) is 30.3 Å². The van der Waals surface area contributed by atoms with Crippen LogP contribution in [0.4, 0.5) is 0 Å². The number of hydrogen-bond acceptors (Lipinski definition) is 5. The molecule has 21 heavy (non-hydrogen) atoms. The van der Waals surface area contributed by atoms with Gasteiger partial charge in [-0.15, -0.1) is 0 Å². The number of hydrogen-bond donors (Lipinski definition) is 2. The molecule has 0 radical (unpaired) electrons. The van der Waals surface area contributed by atoms with Crippen LogP contribution in [0.3, 0.4) is 0 Å². The van der Waals surface area contributed by atoms with E-state index < -0.39 is 29.7 Å². The van der Waals surface area contributed by atoms with E-state index in [-0.39, 0.29) is 6.61 Å². The zero-order chi connectivity index (χ0) is 16.1. The molecular weight excluding hydrogens is 274 g/mol. The van der Waals surface area contributed by atoms with Gasteiger partial charge in [-0.2, -0.15) is 0 Å². The zero-order valence-corrected chi connectivity index (χ0v) is 12.5. The van der Waals surface area contributed by atoms with Crippen molar-refractivity contribution in [2.45, 2.75) is 38.5 Å². The minimum atomic E-state index is -2.22. The van der Waals surface area contributed by atoms with Gasteiger partial charge in [0, 0.05) is 0 Å². The molecule has 0 aliphatic heterocycles. The second-order valence-corrected chi connectivity index (χ2v) is 5.74. The van der Waals surface area contributed by atoms with Crippen molar-refractivity contribution in [2.24, 2.45) is 5.73 Å². The smallest absolute Gasteiger partial charge is 0.340 e. The molecule has 1 unspecified atom stereocenters. The quantitative estimate of drug-likeness (QED) is 0.606. The minimum absolute atomic E-state index is 0.0403. The SMILES string of the molecule is CC(C)(C)OCC(N)(C(=O)O)C(=O)OCc1ccccc1. The first-order chi connectivity index (χ1) is 9.65. The maximum atomic E-state index is 12.0. The summed E-state index contributed by atoms with van der Waals surface area (Å²) in [5, 5.41) is 9.19. The first-order valence-electron chi connectivity index (χ1n) is 6.52. The van der Waals surface area contributed by atoms with Crippen molar-refractivity contribution in [2.75, 3.05) is 6.61 Å². The van der Waals surface area contributed by atoms with Gasteiger partial charge in [0.25, 0.3) is 0 Å². The number of carbonyl (C=O) groups is 2. The Morgan fingerprint density at radius 2 is 1.76 bits per heavy atom. The van der Waals surface area contributed by atoms with Gasteiger partial charge in [0.1, 0.15) is 6.61 Å². The lowest BCUT2D eigenvalue weighted by molar-refractivity contribution is -0.167. The Kier molecular flexibility index (Phi) is 5.46. The Balaban J connectivity index is 2.71. The van der Waals surface area contributed by atoms with Crippen LogP contribution in [0, 0.1) is 0 Å². The fourth-order valence-corrected chi connectivity index (χ4v) is 1.39. The van der Waals surface area contributed by atoms with Crippen molar-refractivity contribution in [1.82, 2.24) is 0 Å². The van der Waals surface area contributed by atoms with Crippen molar-refractivity contribution in [3.63, 3.8) is 0 Å². The Hall–Kier alpha value is -1.92. The van der Waals surface area contributed by atoms with Crippen molar-refractivity contribution < 1.29 is 24.2 Å². The molecule has 6 nitrogen and oxygen atoms in total. The molecule has 0 spiro atoms. The van der Waals surface area contributed by atoms with Gasteiger partial charge in [-0.25, -0.2) is 9.59 Å². The van der Waals surface area contributed by atoms with Crippen molar-refractivity contribution in [3.05, 3.63) is 35.9 Å². The molecule has 0 aromatic heterocycles. The van der Waals surface area contributed by atoms with Crippen LogP contribution in [-0.2, 0) is 25.7 Å². The third-order valence-corrected chi connectivity index (χ3v) is 2.69. The average Bonchev–Trinajstić information content (AvgIpc) is 2.42. The predicted molar refractivity (Wildman–Crippen MR) is 76.5 cm³/mol. The van der Waals surface area contributed by atoms with Crippen LogP contribution < -0.4 is 5.73 Å². The molecule has 3 N–H and O–H groups in total. The minimum Gasteiger partial charge on any atom is -0.479 e. The number of aliphatic carboxylic acids is 1. The molecule has 0 amide bonds. The van der Waals surface area contributed by atoms with E-state index in [9.17, 15) is 14.7 Å². The van der Waals surface area contributed by atoms with Crippen molar-refractivity contribution in [3.8, 4) is 0 Å². The second kappa shape index (κ2) is 6.69. The largest absolute Gasteiger partial charge is 0.479 e. The number of carboxylic acids is 1. The lowest BCUT2D eigenvalue weighted by atomic mass is 10.0. The number of ether oxygens (including phenoxy) is 2. The summed E-state index contributed by atoms with van der Waals surface area (Å²) in [4.78, 5) is 23.3. The van der Waals surface area contributed by atoms with Crippen LogP contribution in [0.2, 0.25) is 0 Å². The van der Waals surface area contributed by atoms with E-state index in [4.69, 9.17) is 15.2 Å². The summed E-state index contributed by atoms with van der Waals surface area (Å²) < 4.78 is 10.3. The first-order valence-corrected chi connectivity index (χ1v) is 6.52. The number of carbonyl (C=O) groups excluding carboxylic acids is 1. The molecule has 1 atom stereocenters. The molecule has 1 aromatic rings. The van der Waals surface area contributed by atoms with Gasteiger partial charge in [-0.3, -0.25) is 0 Å². The Morgan fingerprint density at radius 3 is 2.24 bits per heavy atom. The molecule has 6 heteroatoms. The maximum absolute atomic E-state index is 12.0. The number of rotatable bonds is 6. The van der Waals surface area contributed by atoms with Gasteiger partial charge in [0.05, 0.1) is 12.2 Å². The van der Waals surface area contributed by atoms with Gasteiger partial charge >= 0.3 is 11.9 Å². The third kappa shape index (κ3) is 5.17. The van der Waals surface area contributed by atoms with E-state index in [1.165, 1.54) is 0 Å². The molecular formula is C15H21NO5. The van der Waals surface area contributed by atoms with E-state index >= 15 is 0 Å². The summed E-state index contributed by atoms with van der Waals surface area (Å²) in [7, 11) is 0. The summed E-state index contributed by atoms with van der Waals surface area (Å²) in [5.74, 6) is -2.51. The number of nitrogens with two attached hydrogens (primary N) is 1. The highest BCUT2D eigenvalue weighted by molar-refractivity contribution is 6.04. The summed E-state index contributed by atoms with van der Waals surface area (Å²) in [6, 6.07) is 8.93. The van der Waals surface area contributed by atoms with Crippen LogP contribution in [0.1, 0.15) is 26.3 Å². The number of esters is 1. The fourth-order valence-electron chi connectivity index (χ4n) is 1.39. The van der Waals surface area contributed by atoms with Crippen LogP contribution in [0.5, 0.6) is 0 Å². The Morgan fingerprint density at radius 1 is 1.19 bits per heavy atom. The van der Waals surface area contributed by atoms with Gasteiger partial charge in [0.15, 0.2) is 0 Å². The van der Waals surface area contributed by atoms with E-state index in [2.05, 4.69) is 0 Å². The predicted octanol–water partition coefficient (Wildman–Crippen LogP) is 1.33. The lowest BCUT2D eigenvalue weighted by Crippen LogP contribution is -2.60. The Labute approximate surface area is 123 Å².